The highest BCUT2D eigenvalue weighted by molar-refractivity contribution is 6.09. The molecule has 1 aromatic heterocycles. The van der Waals surface area contributed by atoms with Crippen molar-refractivity contribution in [3.63, 3.8) is 0 Å². The summed E-state index contributed by atoms with van der Waals surface area (Å²) >= 11 is 0. The van der Waals surface area contributed by atoms with E-state index in [2.05, 4.69) is 10.3 Å². The number of aromatic nitrogens is 2. The summed E-state index contributed by atoms with van der Waals surface area (Å²) in [6.45, 7) is 3.94. The minimum Gasteiger partial charge on any atom is -0.492 e. The maximum atomic E-state index is 12.7. The number of benzene rings is 2. The number of ketones is 1. The van der Waals surface area contributed by atoms with Crippen LogP contribution in [0.4, 0.5) is 5.82 Å². The third-order valence-corrected chi connectivity index (χ3v) is 5.05. The normalized spacial score (nSPS) is 13.8. The Hall–Kier alpha value is -3.45. The lowest BCUT2D eigenvalue weighted by atomic mass is 10.0. The molecule has 0 bridgehead atoms. The van der Waals surface area contributed by atoms with Gasteiger partial charge in [-0.15, -0.1) is 0 Å². The summed E-state index contributed by atoms with van der Waals surface area (Å²) in [5.74, 6) is 1.03. The van der Waals surface area contributed by atoms with Crippen LogP contribution in [0.3, 0.4) is 0 Å². The zero-order valence-corrected chi connectivity index (χ0v) is 16.7. The van der Waals surface area contributed by atoms with Gasteiger partial charge in [-0.05, 0) is 12.1 Å². The van der Waals surface area contributed by atoms with Crippen LogP contribution in [0, 0.1) is 0 Å². The summed E-state index contributed by atoms with van der Waals surface area (Å²) in [6.07, 6.45) is 3.32. The number of ether oxygens (including phenoxy) is 1. The van der Waals surface area contributed by atoms with Gasteiger partial charge in [-0.3, -0.25) is 9.59 Å². The van der Waals surface area contributed by atoms with Crippen LogP contribution in [0.2, 0.25) is 0 Å². The summed E-state index contributed by atoms with van der Waals surface area (Å²) < 4.78 is 7.44. The molecule has 154 valence electrons. The molecule has 2 heterocycles. The first-order chi connectivity index (χ1) is 14.7. The molecular formula is C23H24N4O3. The van der Waals surface area contributed by atoms with Crippen molar-refractivity contribution >= 4 is 11.6 Å². The molecular weight excluding hydrogens is 380 g/mol. The summed E-state index contributed by atoms with van der Waals surface area (Å²) in [5, 5.41) is 3.27. The van der Waals surface area contributed by atoms with E-state index in [1.165, 1.54) is 0 Å². The van der Waals surface area contributed by atoms with Gasteiger partial charge in [0.2, 0.25) is 0 Å². The molecule has 3 aromatic rings. The van der Waals surface area contributed by atoms with Crippen molar-refractivity contribution in [1.82, 2.24) is 14.9 Å². The van der Waals surface area contributed by atoms with Gasteiger partial charge >= 0.3 is 0 Å². The topological polar surface area (TPSA) is 76.5 Å². The highest BCUT2D eigenvalue weighted by Gasteiger charge is 2.16. The molecule has 4 rings (SSSR count). The highest BCUT2D eigenvalue weighted by Crippen LogP contribution is 2.17. The van der Waals surface area contributed by atoms with Crippen LogP contribution in [0.25, 0.3) is 0 Å². The van der Waals surface area contributed by atoms with Crippen LogP contribution in [-0.4, -0.2) is 48.1 Å². The first-order valence-corrected chi connectivity index (χ1v) is 10.1. The number of hydrogen-bond donors (Lipinski definition) is 1. The fourth-order valence-electron chi connectivity index (χ4n) is 3.45. The van der Waals surface area contributed by atoms with E-state index in [1.54, 1.807) is 47.3 Å². The Morgan fingerprint density at radius 1 is 1.03 bits per heavy atom. The Morgan fingerprint density at radius 3 is 2.60 bits per heavy atom. The first kappa shape index (κ1) is 19.8. The second-order valence-corrected chi connectivity index (χ2v) is 7.06. The van der Waals surface area contributed by atoms with Gasteiger partial charge < -0.3 is 19.5 Å². The second kappa shape index (κ2) is 9.37. The van der Waals surface area contributed by atoms with Crippen LogP contribution in [0.15, 0.2) is 71.8 Å². The molecule has 1 saturated heterocycles. The molecule has 1 aliphatic rings. The molecule has 0 unspecified atom stereocenters. The van der Waals surface area contributed by atoms with Gasteiger partial charge in [0, 0.05) is 49.7 Å². The molecule has 7 heteroatoms. The SMILES string of the molecule is O=C(c1ccccc1)c1cccc(OCCn2ccnc(N3CCNCC3)c2=O)c1. The van der Waals surface area contributed by atoms with Crippen LogP contribution in [0.5, 0.6) is 5.75 Å². The minimum absolute atomic E-state index is 0.0490. The fourth-order valence-corrected chi connectivity index (χ4v) is 3.45. The van der Waals surface area contributed by atoms with E-state index < -0.39 is 0 Å². The molecule has 0 atom stereocenters. The number of nitrogens with zero attached hydrogens (tertiary/aromatic N) is 3. The van der Waals surface area contributed by atoms with Gasteiger partial charge in [-0.1, -0.05) is 42.5 Å². The number of carbonyl (C=O) groups excluding carboxylic acids is 1. The van der Waals surface area contributed by atoms with Crippen molar-refractivity contribution in [1.29, 1.82) is 0 Å². The van der Waals surface area contributed by atoms with Gasteiger partial charge in [-0.2, -0.15) is 0 Å². The molecule has 1 aliphatic heterocycles. The first-order valence-electron chi connectivity index (χ1n) is 10.1. The van der Waals surface area contributed by atoms with Gasteiger partial charge in [-0.25, -0.2) is 4.98 Å². The van der Waals surface area contributed by atoms with Gasteiger partial charge in [0.1, 0.15) is 12.4 Å². The summed E-state index contributed by atoms with van der Waals surface area (Å²) in [7, 11) is 0. The van der Waals surface area contributed by atoms with Crippen molar-refractivity contribution in [3.8, 4) is 5.75 Å². The standard InChI is InChI=1S/C23H24N4O3/c28-21(18-5-2-1-3-6-18)19-7-4-8-20(17-19)30-16-15-27-14-11-25-22(23(27)29)26-12-9-24-10-13-26/h1-8,11,14,17,24H,9-10,12-13,15-16H2. The maximum Gasteiger partial charge on any atom is 0.293 e. The summed E-state index contributed by atoms with van der Waals surface area (Å²) in [5.41, 5.74) is 1.09. The number of carbonyl (C=O) groups is 1. The predicted molar refractivity (Wildman–Crippen MR) is 115 cm³/mol. The zero-order valence-electron chi connectivity index (χ0n) is 16.7. The second-order valence-electron chi connectivity index (χ2n) is 7.06. The Kier molecular flexibility index (Phi) is 6.20. The summed E-state index contributed by atoms with van der Waals surface area (Å²) in [4.78, 5) is 31.6. The quantitative estimate of drug-likeness (QED) is 0.607. The van der Waals surface area contributed by atoms with Crippen molar-refractivity contribution in [3.05, 3.63) is 88.5 Å². The molecule has 0 amide bonds. The Labute approximate surface area is 174 Å². The molecule has 0 radical (unpaired) electrons. The van der Waals surface area contributed by atoms with E-state index in [-0.39, 0.29) is 11.3 Å². The number of rotatable bonds is 7. The van der Waals surface area contributed by atoms with Crippen LogP contribution in [0.1, 0.15) is 15.9 Å². The van der Waals surface area contributed by atoms with E-state index in [0.29, 0.717) is 35.8 Å². The highest BCUT2D eigenvalue weighted by atomic mass is 16.5. The van der Waals surface area contributed by atoms with E-state index in [1.807, 2.05) is 29.2 Å². The van der Waals surface area contributed by atoms with Crippen molar-refractivity contribution < 1.29 is 9.53 Å². The van der Waals surface area contributed by atoms with Crippen molar-refractivity contribution in [2.24, 2.45) is 0 Å². The fraction of sp³-hybridized carbons (Fsp3) is 0.261. The van der Waals surface area contributed by atoms with E-state index >= 15 is 0 Å². The predicted octanol–water partition coefficient (Wildman–Crippen LogP) is 1.96. The number of anilines is 1. The van der Waals surface area contributed by atoms with E-state index in [9.17, 15) is 9.59 Å². The van der Waals surface area contributed by atoms with Gasteiger partial charge in [0.25, 0.3) is 5.56 Å². The van der Waals surface area contributed by atoms with Crippen LogP contribution < -0.4 is 20.5 Å². The van der Waals surface area contributed by atoms with Crippen molar-refractivity contribution in [2.45, 2.75) is 6.54 Å². The third kappa shape index (κ3) is 4.58. The van der Waals surface area contributed by atoms with Crippen LogP contribution in [-0.2, 0) is 6.54 Å². The Balaban J connectivity index is 1.40. The molecule has 30 heavy (non-hydrogen) atoms. The monoisotopic (exact) mass is 404 g/mol. The van der Waals surface area contributed by atoms with Gasteiger partial charge in [0.15, 0.2) is 11.6 Å². The molecule has 1 N–H and O–H groups in total. The summed E-state index contributed by atoms with van der Waals surface area (Å²) in [6, 6.07) is 16.3. The lowest BCUT2D eigenvalue weighted by Gasteiger charge is -2.27. The van der Waals surface area contributed by atoms with Crippen LogP contribution >= 0.6 is 0 Å². The molecule has 2 aromatic carbocycles. The molecule has 1 fully saturated rings. The number of hydrogen-bond acceptors (Lipinski definition) is 6. The largest absolute Gasteiger partial charge is 0.492 e. The average molecular weight is 404 g/mol. The van der Waals surface area contributed by atoms with Gasteiger partial charge in [0.05, 0.1) is 6.54 Å². The lowest BCUT2D eigenvalue weighted by Crippen LogP contribution is -2.46. The molecule has 0 saturated carbocycles. The average Bonchev–Trinajstić information content (AvgIpc) is 2.81. The minimum atomic E-state index is -0.115. The molecule has 7 nitrogen and oxygen atoms in total. The zero-order chi connectivity index (χ0) is 20.8. The molecule has 0 spiro atoms. The maximum absolute atomic E-state index is 12.7. The smallest absolute Gasteiger partial charge is 0.293 e. The molecule has 0 aliphatic carbocycles. The lowest BCUT2D eigenvalue weighted by molar-refractivity contribution is 0.103. The van der Waals surface area contributed by atoms with Crippen molar-refractivity contribution in [2.75, 3.05) is 37.7 Å². The van der Waals surface area contributed by atoms with E-state index in [4.69, 9.17) is 4.74 Å². The number of piperazine rings is 1. The Bertz CT molecular complexity index is 1060. The number of nitrogens with one attached hydrogen (secondary N) is 1. The third-order valence-electron chi connectivity index (χ3n) is 5.05. The Morgan fingerprint density at radius 2 is 1.80 bits per heavy atom. The van der Waals surface area contributed by atoms with E-state index in [0.717, 1.165) is 26.2 Å².